The van der Waals surface area contributed by atoms with Crippen molar-refractivity contribution in [1.29, 1.82) is 0 Å². The standard InChI is InChI=1S/C15H11Br2NO3/c16-12-5-1-10(2-6-12)14(18-20)9-21-15(19)11-3-7-13(17)8-4-11/h1-8,20H,9H2. The van der Waals surface area contributed by atoms with E-state index in [9.17, 15) is 4.79 Å². The highest BCUT2D eigenvalue weighted by molar-refractivity contribution is 9.10. The molecule has 0 aliphatic rings. The number of hydrogen-bond acceptors (Lipinski definition) is 4. The predicted molar refractivity (Wildman–Crippen MR) is 86.9 cm³/mol. The van der Waals surface area contributed by atoms with Crippen LogP contribution in [0, 0.1) is 0 Å². The van der Waals surface area contributed by atoms with E-state index in [1.54, 1.807) is 36.4 Å². The molecule has 0 aliphatic carbocycles. The first-order chi connectivity index (χ1) is 10.1. The number of ether oxygens (including phenoxy) is 1. The Morgan fingerprint density at radius 1 is 0.952 bits per heavy atom. The van der Waals surface area contributed by atoms with Gasteiger partial charge in [-0.05, 0) is 36.4 Å². The Balaban J connectivity index is 2.02. The Bertz CT molecular complexity index is 652. The number of rotatable bonds is 4. The molecule has 2 aromatic carbocycles. The number of carbonyl (C=O) groups excluding carboxylic acids is 1. The molecular formula is C15H11Br2NO3. The summed E-state index contributed by atoms with van der Waals surface area (Å²) in [5, 5.41) is 12.2. The molecule has 0 spiro atoms. The van der Waals surface area contributed by atoms with Gasteiger partial charge >= 0.3 is 5.97 Å². The maximum absolute atomic E-state index is 11.9. The summed E-state index contributed by atoms with van der Waals surface area (Å²) >= 11 is 6.62. The molecule has 0 radical (unpaired) electrons. The zero-order chi connectivity index (χ0) is 15.2. The summed E-state index contributed by atoms with van der Waals surface area (Å²) in [6.45, 7) is -0.104. The van der Waals surface area contributed by atoms with Crippen LogP contribution in [0.4, 0.5) is 0 Å². The molecule has 0 unspecified atom stereocenters. The third-order valence-electron chi connectivity index (χ3n) is 2.72. The normalized spacial score (nSPS) is 11.2. The number of nitrogens with zero attached hydrogens (tertiary/aromatic N) is 1. The molecule has 0 saturated heterocycles. The molecular weight excluding hydrogens is 402 g/mol. The van der Waals surface area contributed by atoms with Gasteiger partial charge in [-0.2, -0.15) is 0 Å². The van der Waals surface area contributed by atoms with E-state index in [2.05, 4.69) is 37.0 Å². The van der Waals surface area contributed by atoms with Crippen LogP contribution in [0.5, 0.6) is 0 Å². The molecule has 0 heterocycles. The second kappa shape index (κ2) is 7.38. The van der Waals surface area contributed by atoms with Crippen molar-refractivity contribution in [2.45, 2.75) is 0 Å². The maximum atomic E-state index is 11.9. The topological polar surface area (TPSA) is 58.9 Å². The number of halogens is 2. The SMILES string of the molecule is O=C(OCC(=NO)c1ccc(Br)cc1)c1ccc(Br)cc1. The first-order valence-corrected chi connectivity index (χ1v) is 7.58. The van der Waals surface area contributed by atoms with Gasteiger partial charge in [-0.25, -0.2) is 4.79 Å². The van der Waals surface area contributed by atoms with E-state index in [4.69, 9.17) is 9.94 Å². The lowest BCUT2D eigenvalue weighted by Gasteiger charge is -2.07. The third-order valence-corrected chi connectivity index (χ3v) is 3.78. The van der Waals surface area contributed by atoms with E-state index >= 15 is 0 Å². The van der Waals surface area contributed by atoms with Crippen LogP contribution in [-0.4, -0.2) is 23.5 Å². The van der Waals surface area contributed by atoms with Crippen LogP contribution in [0.25, 0.3) is 0 Å². The van der Waals surface area contributed by atoms with Gasteiger partial charge in [-0.15, -0.1) is 0 Å². The molecule has 6 heteroatoms. The van der Waals surface area contributed by atoms with Crippen LogP contribution in [0.15, 0.2) is 62.6 Å². The fourth-order valence-electron chi connectivity index (χ4n) is 1.62. The van der Waals surface area contributed by atoms with Gasteiger partial charge in [0, 0.05) is 14.5 Å². The second-order valence-electron chi connectivity index (χ2n) is 4.14. The highest BCUT2D eigenvalue weighted by atomic mass is 79.9. The van der Waals surface area contributed by atoms with Gasteiger partial charge in [-0.1, -0.05) is 49.1 Å². The lowest BCUT2D eigenvalue weighted by atomic mass is 10.1. The summed E-state index contributed by atoms with van der Waals surface area (Å²) in [5.41, 5.74) is 1.41. The Hall–Kier alpha value is -1.66. The lowest BCUT2D eigenvalue weighted by molar-refractivity contribution is 0.0562. The van der Waals surface area contributed by atoms with Gasteiger partial charge in [0.1, 0.15) is 12.3 Å². The molecule has 1 N–H and O–H groups in total. The molecule has 0 aromatic heterocycles. The van der Waals surface area contributed by atoms with E-state index in [0.29, 0.717) is 11.1 Å². The van der Waals surface area contributed by atoms with Crippen molar-refractivity contribution in [2.75, 3.05) is 6.61 Å². The van der Waals surface area contributed by atoms with Crippen molar-refractivity contribution in [3.05, 3.63) is 68.6 Å². The number of benzene rings is 2. The van der Waals surface area contributed by atoms with E-state index < -0.39 is 5.97 Å². The van der Waals surface area contributed by atoms with Crippen molar-refractivity contribution in [3.63, 3.8) is 0 Å². The quantitative estimate of drug-likeness (QED) is 0.353. The predicted octanol–water partition coefficient (Wildman–Crippen LogP) is 4.25. The van der Waals surface area contributed by atoms with Crippen molar-refractivity contribution in [3.8, 4) is 0 Å². The van der Waals surface area contributed by atoms with Crippen LogP contribution in [0.1, 0.15) is 15.9 Å². The van der Waals surface area contributed by atoms with Gasteiger partial charge < -0.3 is 9.94 Å². The average molecular weight is 413 g/mol. The van der Waals surface area contributed by atoms with Crippen LogP contribution < -0.4 is 0 Å². The summed E-state index contributed by atoms with van der Waals surface area (Å²) in [5.74, 6) is -0.472. The molecule has 108 valence electrons. The molecule has 0 fully saturated rings. The molecule has 0 bridgehead atoms. The highest BCUT2D eigenvalue weighted by Crippen LogP contribution is 2.13. The number of esters is 1. The zero-order valence-electron chi connectivity index (χ0n) is 10.8. The van der Waals surface area contributed by atoms with Crippen LogP contribution >= 0.6 is 31.9 Å². The summed E-state index contributed by atoms with van der Waals surface area (Å²) in [4.78, 5) is 11.9. The first-order valence-electron chi connectivity index (χ1n) is 5.99. The first kappa shape index (κ1) is 15.7. The molecule has 0 aliphatic heterocycles. The molecule has 4 nitrogen and oxygen atoms in total. The largest absolute Gasteiger partial charge is 0.455 e. The Labute approximate surface area is 138 Å². The van der Waals surface area contributed by atoms with Crippen molar-refractivity contribution < 1.29 is 14.7 Å². The smallest absolute Gasteiger partial charge is 0.338 e. The monoisotopic (exact) mass is 411 g/mol. The molecule has 0 saturated carbocycles. The van der Waals surface area contributed by atoms with Crippen molar-refractivity contribution in [1.82, 2.24) is 0 Å². The lowest BCUT2D eigenvalue weighted by Crippen LogP contribution is -2.15. The summed E-state index contributed by atoms with van der Waals surface area (Å²) in [6.07, 6.45) is 0. The minimum Gasteiger partial charge on any atom is -0.455 e. The van der Waals surface area contributed by atoms with Crippen LogP contribution in [0.2, 0.25) is 0 Å². The Morgan fingerprint density at radius 2 is 1.43 bits per heavy atom. The van der Waals surface area contributed by atoms with Crippen LogP contribution in [-0.2, 0) is 4.74 Å². The maximum Gasteiger partial charge on any atom is 0.338 e. The highest BCUT2D eigenvalue weighted by Gasteiger charge is 2.11. The molecule has 2 rings (SSSR count). The number of carbonyl (C=O) groups is 1. The van der Waals surface area contributed by atoms with Gasteiger partial charge in [0.15, 0.2) is 0 Å². The summed E-state index contributed by atoms with van der Waals surface area (Å²) in [7, 11) is 0. The Kier molecular flexibility index (Phi) is 5.52. The van der Waals surface area contributed by atoms with E-state index in [-0.39, 0.29) is 12.3 Å². The third kappa shape index (κ3) is 4.41. The second-order valence-corrected chi connectivity index (χ2v) is 5.97. The molecule has 0 amide bonds. The molecule has 21 heavy (non-hydrogen) atoms. The Morgan fingerprint density at radius 3 is 1.90 bits per heavy atom. The van der Waals surface area contributed by atoms with Crippen molar-refractivity contribution >= 4 is 43.5 Å². The zero-order valence-corrected chi connectivity index (χ0v) is 14.0. The fraction of sp³-hybridized carbons (Fsp3) is 0.0667. The van der Waals surface area contributed by atoms with Crippen LogP contribution in [0.3, 0.4) is 0 Å². The molecule has 0 atom stereocenters. The number of hydrogen-bond donors (Lipinski definition) is 1. The van der Waals surface area contributed by atoms with E-state index in [1.807, 2.05) is 12.1 Å². The minimum absolute atomic E-state index is 0.104. The number of oxime groups is 1. The van der Waals surface area contributed by atoms with Gasteiger partial charge in [0.2, 0.25) is 0 Å². The average Bonchev–Trinajstić information content (AvgIpc) is 2.50. The van der Waals surface area contributed by atoms with Gasteiger partial charge in [-0.3, -0.25) is 0 Å². The van der Waals surface area contributed by atoms with E-state index in [0.717, 1.165) is 8.95 Å². The van der Waals surface area contributed by atoms with Gasteiger partial charge in [0.05, 0.1) is 5.56 Å². The van der Waals surface area contributed by atoms with Gasteiger partial charge in [0.25, 0.3) is 0 Å². The molecule has 2 aromatic rings. The fourth-order valence-corrected chi connectivity index (χ4v) is 2.14. The van der Waals surface area contributed by atoms with E-state index in [1.165, 1.54) is 0 Å². The minimum atomic E-state index is -0.472. The summed E-state index contributed by atoms with van der Waals surface area (Å²) < 4.78 is 6.94. The summed E-state index contributed by atoms with van der Waals surface area (Å²) in [6, 6.07) is 14.0. The van der Waals surface area contributed by atoms with Crippen molar-refractivity contribution in [2.24, 2.45) is 5.16 Å².